The molecule has 0 fully saturated rings. The van der Waals surface area contributed by atoms with Crippen LogP contribution in [0.1, 0.15) is 33.3 Å². The van der Waals surface area contributed by atoms with Crippen LogP contribution in [0, 0.1) is 6.92 Å². The summed E-state index contributed by atoms with van der Waals surface area (Å²) in [6.45, 7) is 12.1. The van der Waals surface area contributed by atoms with Crippen molar-refractivity contribution in [1.82, 2.24) is 0 Å². The molecule has 0 aromatic heterocycles. The van der Waals surface area contributed by atoms with Crippen LogP contribution in [-0.4, -0.2) is 44.9 Å². The van der Waals surface area contributed by atoms with Crippen molar-refractivity contribution in [3.63, 3.8) is 0 Å². The Bertz CT molecular complexity index is 1510. The average Bonchev–Trinajstić information content (AvgIpc) is 2.98. The van der Waals surface area contributed by atoms with Crippen LogP contribution in [0.25, 0.3) is 0 Å². The second-order valence-corrected chi connectivity index (χ2v) is 9.42. The zero-order chi connectivity index (χ0) is 29.9. The lowest BCUT2D eigenvalue weighted by molar-refractivity contribution is -0.352. The molecule has 3 aromatic rings. The van der Waals surface area contributed by atoms with Crippen molar-refractivity contribution in [3.05, 3.63) is 84.1 Å². The third-order valence-electron chi connectivity index (χ3n) is 6.32. The topological polar surface area (TPSA) is 87.3 Å². The number of hydrogen-bond donors (Lipinski definition) is 3. The van der Waals surface area contributed by atoms with Gasteiger partial charge in [-0.1, -0.05) is 6.07 Å². The summed E-state index contributed by atoms with van der Waals surface area (Å²) in [6.07, 6.45) is 5.90. The molecule has 0 amide bonds. The number of allylic oxidation sites excluding steroid dienone is 3. The third kappa shape index (κ3) is 7.72. The van der Waals surface area contributed by atoms with Gasteiger partial charge in [0, 0.05) is 37.0 Å². The van der Waals surface area contributed by atoms with Crippen LogP contribution < -0.4 is 29.8 Å². The Hall–Kier alpha value is -4.72. The molecule has 0 atom stereocenters. The molecule has 4 rings (SSSR count). The number of aliphatic imine (C=N–C) groups is 1. The van der Waals surface area contributed by atoms with Gasteiger partial charge in [-0.25, -0.2) is 9.98 Å². The van der Waals surface area contributed by atoms with E-state index in [9.17, 15) is 0 Å². The summed E-state index contributed by atoms with van der Waals surface area (Å²) in [7, 11) is 1.88. The van der Waals surface area contributed by atoms with Crippen LogP contribution in [0.5, 0.6) is 17.2 Å². The van der Waals surface area contributed by atoms with E-state index in [4.69, 9.17) is 23.9 Å². The first-order valence-electron chi connectivity index (χ1n) is 14.4. The van der Waals surface area contributed by atoms with E-state index in [0.717, 1.165) is 56.9 Å². The molecule has 3 N–H and O–H groups in total. The summed E-state index contributed by atoms with van der Waals surface area (Å²) in [4.78, 5) is 8.37. The van der Waals surface area contributed by atoms with Gasteiger partial charge in [0.15, 0.2) is 11.5 Å². The summed E-state index contributed by atoms with van der Waals surface area (Å²) >= 11 is 0. The van der Waals surface area contributed by atoms with Crippen molar-refractivity contribution in [3.8, 4) is 17.2 Å². The fourth-order valence-electron chi connectivity index (χ4n) is 4.45. The molecule has 220 valence electrons. The fraction of sp³-hybridized carbons (Fsp3) is 0.294. The highest BCUT2D eigenvalue weighted by atomic mass is 16.5. The first-order valence-corrected chi connectivity index (χ1v) is 14.4. The highest BCUT2D eigenvalue weighted by Gasteiger charge is 2.18. The van der Waals surface area contributed by atoms with Gasteiger partial charge >= 0.3 is 0 Å². The van der Waals surface area contributed by atoms with Gasteiger partial charge in [-0.3, -0.25) is 0 Å². The van der Waals surface area contributed by atoms with E-state index in [1.165, 1.54) is 0 Å². The number of nitrogens with one attached hydrogen (secondary N) is 3. The quantitative estimate of drug-likeness (QED) is 0.207. The Morgan fingerprint density at radius 2 is 1.40 bits per heavy atom. The van der Waals surface area contributed by atoms with Crippen LogP contribution in [-0.2, 0) is 4.74 Å². The molecule has 0 aliphatic heterocycles. The van der Waals surface area contributed by atoms with Gasteiger partial charge in [-0.15, -0.1) is 0 Å². The Balaban J connectivity index is 1.62. The maximum atomic E-state index is 5.99. The Kier molecular flexibility index (Phi) is 10.6. The second kappa shape index (κ2) is 14.8. The molecule has 0 saturated heterocycles. The highest BCUT2D eigenvalue weighted by molar-refractivity contribution is 6.19. The molecule has 0 bridgehead atoms. The van der Waals surface area contributed by atoms with E-state index in [-0.39, 0.29) is 0 Å². The average molecular weight is 570 g/mol. The van der Waals surface area contributed by atoms with Crippen LogP contribution in [0.4, 0.5) is 28.4 Å². The molecule has 0 heterocycles. The van der Waals surface area contributed by atoms with Crippen LogP contribution in [0.15, 0.2) is 83.6 Å². The maximum Gasteiger partial charge on any atom is 0.246 e. The molecule has 1 aliphatic rings. The van der Waals surface area contributed by atoms with Gasteiger partial charge in [0.25, 0.3) is 0 Å². The van der Waals surface area contributed by atoms with E-state index in [1.54, 1.807) is 0 Å². The van der Waals surface area contributed by atoms with Crippen molar-refractivity contribution in [2.45, 2.75) is 34.6 Å². The minimum atomic E-state index is 0.518. The van der Waals surface area contributed by atoms with Crippen molar-refractivity contribution in [2.24, 2.45) is 4.99 Å². The minimum absolute atomic E-state index is 0.518. The van der Waals surface area contributed by atoms with Crippen molar-refractivity contribution in [1.29, 1.82) is 0 Å². The van der Waals surface area contributed by atoms with Crippen molar-refractivity contribution in [2.75, 3.05) is 44.1 Å². The number of nitrogens with zero attached hydrogens (tertiary/aromatic N) is 1. The number of rotatable bonds is 13. The SMILES string of the molecule is CCOC1=CC(=[NH+]c2ccc(C)cc2OCC)C=CC1=Nc1ccc(Nc2ccc(NC)c(OCC)c2)c(OCC)c1. The lowest BCUT2D eigenvalue weighted by atomic mass is 10.1. The standard InChI is InChI=1S/C34H40N4O4/c1-7-39-31-19-23(5)11-15-28(31)36-25-13-17-30(33(21-25)41-9-3)38-26-14-18-29(34(22-26)42-10-4)37-24-12-16-27(35-6)32(20-24)40-8-2/h11-22,35,37H,7-10H2,1-6H3/p+1. The maximum absolute atomic E-state index is 5.99. The number of hydrogen-bond acceptors (Lipinski definition) is 7. The molecule has 0 unspecified atom stereocenters. The molecule has 0 spiro atoms. The molecule has 0 saturated carbocycles. The Labute approximate surface area is 248 Å². The summed E-state index contributed by atoms with van der Waals surface area (Å²) in [5.74, 6) is 2.98. The number of ether oxygens (including phenoxy) is 4. The predicted molar refractivity (Wildman–Crippen MR) is 172 cm³/mol. The van der Waals surface area contributed by atoms with Gasteiger partial charge in [0.2, 0.25) is 11.4 Å². The molecule has 3 aromatic carbocycles. The van der Waals surface area contributed by atoms with Gasteiger partial charge in [0.1, 0.15) is 17.2 Å². The molecule has 1 aliphatic carbocycles. The second-order valence-electron chi connectivity index (χ2n) is 9.42. The van der Waals surface area contributed by atoms with Gasteiger partial charge < -0.3 is 29.6 Å². The molecule has 42 heavy (non-hydrogen) atoms. The van der Waals surface area contributed by atoms with E-state index in [0.29, 0.717) is 37.9 Å². The monoisotopic (exact) mass is 569 g/mol. The van der Waals surface area contributed by atoms with E-state index < -0.39 is 0 Å². The van der Waals surface area contributed by atoms with Gasteiger partial charge in [-0.05, 0) is 76.6 Å². The number of aryl methyl sites for hydroxylation is 1. The normalized spacial score (nSPS) is 14.5. The van der Waals surface area contributed by atoms with Crippen molar-refractivity contribution < 1.29 is 23.9 Å². The zero-order valence-corrected chi connectivity index (χ0v) is 25.3. The lowest BCUT2D eigenvalue weighted by Gasteiger charge is -2.16. The summed E-state index contributed by atoms with van der Waals surface area (Å²) in [5.41, 5.74) is 7.06. The first kappa shape index (κ1) is 30.2. The fourth-order valence-corrected chi connectivity index (χ4v) is 4.45. The van der Waals surface area contributed by atoms with E-state index in [1.807, 2.05) is 102 Å². The van der Waals surface area contributed by atoms with E-state index >= 15 is 0 Å². The number of anilines is 3. The molecular weight excluding hydrogens is 528 g/mol. The first-order chi connectivity index (χ1) is 20.5. The summed E-state index contributed by atoms with van der Waals surface area (Å²) in [6, 6.07) is 17.9. The van der Waals surface area contributed by atoms with Crippen LogP contribution in [0.2, 0.25) is 0 Å². The van der Waals surface area contributed by atoms with Crippen LogP contribution >= 0.6 is 0 Å². The largest absolute Gasteiger partial charge is 0.492 e. The Morgan fingerprint density at radius 3 is 2.12 bits per heavy atom. The summed E-state index contributed by atoms with van der Waals surface area (Å²) < 4.78 is 23.6. The zero-order valence-electron chi connectivity index (χ0n) is 25.3. The molecule has 8 heteroatoms. The van der Waals surface area contributed by atoms with Gasteiger partial charge in [-0.2, -0.15) is 0 Å². The molecule has 0 radical (unpaired) electrons. The van der Waals surface area contributed by atoms with Crippen LogP contribution in [0.3, 0.4) is 0 Å². The summed E-state index contributed by atoms with van der Waals surface area (Å²) in [5, 5.41) is 6.62. The Morgan fingerprint density at radius 1 is 0.714 bits per heavy atom. The highest BCUT2D eigenvalue weighted by Crippen LogP contribution is 2.35. The van der Waals surface area contributed by atoms with E-state index in [2.05, 4.69) is 28.6 Å². The third-order valence-corrected chi connectivity index (χ3v) is 6.32. The molecule has 8 nitrogen and oxygen atoms in total. The number of benzene rings is 3. The van der Waals surface area contributed by atoms with Crippen molar-refractivity contribution >= 4 is 39.9 Å². The predicted octanol–water partition coefficient (Wildman–Crippen LogP) is 6.39. The lowest BCUT2D eigenvalue weighted by Crippen LogP contribution is -2.66. The van der Waals surface area contributed by atoms with Gasteiger partial charge in [0.05, 0.1) is 49.6 Å². The molecular formula is C34H41N4O4+. The minimum Gasteiger partial charge on any atom is -0.492 e. The smallest absolute Gasteiger partial charge is 0.246 e.